The molecule has 5 nitrogen and oxygen atoms in total. The number of nitrogens with one attached hydrogen (secondary N) is 1. The summed E-state index contributed by atoms with van der Waals surface area (Å²) in [7, 11) is 0. The molecule has 1 N–H and O–H groups in total. The Hall–Kier alpha value is -3.28. The van der Waals surface area contributed by atoms with E-state index in [1.807, 2.05) is 36.4 Å². The third kappa shape index (κ3) is 2.81. The molecule has 24 heavy (non-hydrogen) atoms. The van der Waals surface area contributed by atoms with Gasteiger partial charge in [0, 0.05) is 18.2 Å². The molecule has 0 atom stereocenters. The van der Waals surface area contributed by atoms with E-state index in [-0.39, 0.29) is 5.82 Å². The van der Waals surface area contributed by atoms with E-state index in [1.54, 1.807) is 22.9 Å². The molecule has 4 rings (SSSR count). The van der Waals surface area contributed by atoms with E-state index in [9.17, 15) is 4.39 Å². The zero-order valence-electron chi connectivity index (χ0n) is 12.7. The molecule has 2 aromatic carbocycles. The predicted molar refractivity (Wildman–Crippen MR) is 89.9 cm³/mol. The van der Waals surface area contributed by atoms with Crippen LogP contribution in [0, 0.1) is 5.82 Å². The Bertz CT molecular complexity index is 964. The van der Waals surface area contributed by atoms with Gasteiger partial charge >= 0.3 is 0 Å². The van der Waals surface area contributed by atoms with Gasteiger partial charge in [-0.25, -0.2) is 9.37 Å². The predicted octanol–water partition coefficient (Wildman–Crippen LogP) is 3.54. The third-order valence-corrected chi connectivity index (χ3v) is 3.74. The maximum atomic E-state index is 13.0. The second-order valence-corrected chi connectivity index (χ2v) is 5.37. The number of anilines is 1. The topological polar surface area (TPSA) is 55.1 Å². The maximum Gasteiger partial charge on any atom is 0.256 e. The molecule has 2 heterocycles. The fourth-order valence-electron chi connectivity index (χ4n) is 2.50. The Morgan fingerprint density at radius 2 is 1.79 bits per heavy atom. The van der Waals surface area contributed by atoms with Crippen molar-refractivity contribution in [2.75, 3.05) is 5.32 Å². The van der Waals surface area contributed by atoms with Crippen molar-refractivity contribution in [3.8, 4) is 11.3 Å². The summed E-state index contributed by atoms with van der Waals surface area (Å²) in [5, 5.41) is 11.3. The average molecular weight is 319 g/mol. The lowest BCUT2D eigenvalue weighted by Gasteiger charge is -2.10. The van der Waals surface area contributed by atoms with Gasteiger partial charge in [-0.3, -0.25) is 4.40 Å². The number of benzene rings is 2. The van der Waals surface area contributed by atoms with Crippen LogP contribution in [0.5, 0.6) is 0 Å². The summed E-state index contributed by atoms with van der Waals surface area (Å²) in [4.78, 5) is 4.53. The molecule has 2 aromatic heterocycles. The molecule has 0 aliphatic carbocycles. The highest BCUT2D eigenvalue weighted by Gasteiger charge is 2.08. The summed E-state index contributed by atoms with van der Waals surface area (Å²) in [6.45, 7) is 0.561. The van der Waals surface area contributed by atoms with E-state index in [2.05, 4.69) is 20.5 Å². The first-order chi connectivity index (χ1) is 11.8. The molecule has 0 saturated carbocycles. The van der Waals surface area contributed by atoms with Gasteiger partial charge in [0.25, 0.3) is 5.78 Å². The van der Waals surface area contributed by atoms with Crippen LogP contribution < -0.4 is 5.32 Å². The fourth-order valence-corrected chi connectivity index (χ4v) is 2.50. The summed E-state index contributed by atoms with van der Waals surface area (Å²) in [5.41, 5.74) is 2.81. The van der Waals surface area contributed by atoms with Gasteiger partial charge in [-0.15, -0.1) is 10.2 Å². The van der Waals surface area contributed by atoms with Crippen LogP contribution >= 0.6 is 0 Å². The first-order valence-corrected chi connectivity index (χ1v) is 7.54. The van der Waals surface area contributed by atoms with Gasteiger partial charge in [0.2, 0.25) is 0 Å². The number of hydrogen-bond donors (Lipinski definition) is 1. The molecule has 0 spiro atoms. The largest absolute Gasteiger partial charge is 0.367 e. The molecule has 4 aromatic rings. The first kappa shape index (κ1) is 14.3. The van der Waals surface area contributed by atoms with Gasteiger partial charge in [0.15, 0.2) is 0 Å². The summed E-state index contributed by atoms with van der Waals surface area (Å²) >= 11 is 0. The van der Waals surface area contributed by atoms with Crippen molar-refractivity contribution in [2.24, 2.45) is 0 Å². The zero-order valence-corrected chi connectivity index (χ0v) is 12.7. The first-order valence-electron chi connectivity index (χ1n) is 7.54. The van der Waals surface area contributed by atoms with E-state index in [4.69, 9.17) is 0 Å². The molecule has 6 heteroatoms. The Morgan fingerprint density at radius 3 is 2.58 bits per heavy atom. The number of hydrogen-bond acceptors (Lipinski definition) is 4. The van der Waals surface area contributed by atoms with E-state index in [1.165, 1.54) is 12.1 Å². The van der Waals surface area contributed by atoms with Crippen LogP contribution in [0.2, 0.25) is 0 Å². The van der Waals surface area contributed by atoms with Crippen molar-refractivity contribution in [1.29, 1.82) is 0 Å². The minimum absolute atomic E-state index is 0.241. The number of rotatable bonds is 4. The second kappa shape index (κ2) is 6.08. The summed E-state index contributed by atoms with van der Waals surface area (Å²) in [6, 6.07) is 18.3. The van der Waals surface area contributed by atoms with Crippen molar-refractivity contribution < 1.29 is 4.39 Å². The van der Waals surface area contributed by atoms with Gasteiger partial charge in [-0.1, -0.05) is 42.5 Å². The molecule has 0 bridgehead atoms. The lowest BCUT2D eigenvalue weighted by molar-refractivity contribution is 0.627. The molecule has 0 aliphatic heterocycles. The average Bonchev–Trinajstić information content (AvgIpc) is 3.10. The Balaban J connectivity index is 1.68. The van der Waals surface area contributed by atoms with Crippen LogP contribution in [0.15, 0.2) is 67.0 Å². The van der Waals surface area contributed by atoms with E-state index in [0.29, 0.717) is 12.3 Å². The minimum Gasteiger partial charge on any atom is -0.367 e. The van der Waals surface area contributed by atoms with Gasteiger partial charge in [0.1, 0.15) is 18.0 Å². The zero-order chi connectivity index (χ0) is 16.4. The third-order valence-electron chi connectivity index (χ3n) is 3.74. The standard InChI is InChI=1S/C18H14FN5/c19-15-8-6-13(7-9-15)11-20-17-10-16(14-4-2-1-3-5-14)22-18-23-21-12-24(17)18/h1-10,12,20H,11H2. The molecule has 0 fully saturated rings. The molecule has 0 amide bonds. The lowest BCUT2D eigenvalue weighted by atomic mass is 10.1. The smallest absolute Gasteiger partial charge is 0.256 e. The van der Waals surface area contributed by atoms with E-state index in [0.717, 1.165) is 22.6 Å². The number of halogens is 1. The minimum atomic E-state index is -0.241. The van der Waals surface area contributed by atoms with Crippen LogP contribution in [-0.2, 0) is 6.54 Å². The fraction of sp³-hybridized carbons (Fsp3) is 0.0556. The van der Waals surface area contributed by atoms with Crippen molar-refractivity contribution >= 4 is 11.6 Å². The van der Waals surface area contributed by atoms with Gasteiger partial charge in [-0.2, -0.15) is 0 Å². The monoisotopic (exact) mass is 319 g/mol. The van der Waals surface area contributed by atoms with E-state index >= 15 is 0 Å². The highest BCUT2D eigenvalue weighted by Crippen LogP contribution is 2.21. The molecule has 118 valence electrons. The second-order valence-electron chi connectivity index (χ2n) is 5.37. The molecule has 0 radical (unpaired) electrons. The molecule has 0 aliphatic rings. The van der Waals surface area contributed by atoms with E-state index < -0.39 is 0 Å². The van der Waals surface area contributed by atoms with Crippen LogP contribution in [-0.4, -0.2) is 19.6 Å². The van der Waals surface area contributed by atoms with Crippen LogP contribution in [0.1, 0.15) is 5.56 Å². The quantitative estimate of drug-likeness (QED) is 0.625. The Morgan fingerprint density at radius 1 is 1.00 bits per heavy atom. The Labute approximate surface area is 137 Å². The van der Waals surface area contributed by atoms with Crippen molar-refractivity contribution in [1.82, 2.24) is 19.6 Å². The van der Waals surface area contributed by atoms with Crippen molar-refractivity contribution in [3.63, 3.8) is 0 Å². The number of aromatic nitrogens is 4. The van der Waals surface area contributed by atoms with Gasteiger partial charge in [-0.05, 0) is 17.7 Å². The number of fused-ring (bicyclic) bond motifs is 1. The van der Waals surface area contributed by atoms with Gasteiger partial charge in [0.05, 0.1) is 5.69 Å². The number of nitrogens with zero attached hydrogens (tertiary/aromatic N) is 4. The van der Waals surface area contributed by atoms with Crippen molar-refractivity contribution in [2.45, 2.75) is 6.54 Å². The summed E-state index contributed by atoms with van der Waals surface area (Å²) in [5.74, 6) is 1.11. The maximum absolute atomic E-state index is 13.0. The summed E-state index contributed by atoms with van der Waals surface area (Å²) < 4.78 is 14.8. The summed E-state index contributed by atoms with van der Waals surface area (Å²) in [6.07, 6.45) is 1.62. The van der Waals surface area contributed by atoms with Crippen LogP contribution in [0.25, 0.3) is 17.0 Å². The molecule has 0 saturated heterocycles. The Kier molecular flexibility index (Phi) is 3.63. The normalized spacial score (nSPS) is 10.9. The van der Waals surface area contributed by atoms with Crippen LogP contribution in [0.3, 0.4) is 0 Å². The van der Waals surface area contributed by atoms with Crippen LogP contribution in [0.4, 0.5) is 10.2 Å². The SMILES string of the molecule is Fc1ccc(CNc2cc(-c3ccccc3)nc3nncn23)cc1. The molecular weight excluding hydrogens is 305 g/mol. The van der Waals surface area contributed by atoms with Gasteiger partial charge < -0.3 is 5.32 Å². The molecule has 0 unspecified atom stereocenters. The molecular formula is C18H14FN5. The highest BCUT2D eigenvalue weighted by atomic mass is 19.1. The highest BCUT2D eigenvalue weighted by molar-refractivity contribution is 5.65. The lowest BCUT2D eigenvalue weighted by Crippen LogP contribution is -2.05. The van der Waals surface area contributed by atoms with Crippen molar-refractivity contribution in [3.05, 3.63) is 78.4 Å².